The van der Waals surface area contributed by atoms with Crippen molar-refractivity contribution in [1.82, 2.24) is 4.90 Å². The smallest absolute Gasteiger partial charge is 0.369 e. The lowest BCUT2D eigenvalue weighted by Gasteiger charge is -2.29. The Hall–Kier alpha value is -3.13. The zero-order valence-corrected chi connectivity index (χ0v) is 16.9. The summed E-state index contributed by atoms with van der Waals surface area (Å²) in [6, 6.07) is 9.44. The van der Waals surface area contributed by atoms with Crippen LogP contribution in [-0.4, -0.2) is 46.5 Å². The maximum Gasteiger partial charge on any atom is 0.369 e. The molecule has 2 aliphatic rings. The molecule has 4 atom stereocenters. The number of likely N-dealkylation sites (tertiary alicyclic amines) is 1. The van der Waals surface area contributed by atoms with Gasteiger partial charge < -0.3 is 19.6 Å². The Labute approximate surface area is 173 Å². The standard InChI is InChI=1S/C22H24N2O6/c1-3-24-19(26)16-17(20(24)27)22(21(28)29-4-2,12-13-7-9-14(25)10-8-13)23-18(16)15-6-5-11-30-15/h5-11,16-18,23,25H,3-4,12H2,1-2H3/p+1/t16-,17-,18+,22+/m0/s1. The van der Waals surface area contributed by atoms with Gasteiger partial charge in [-0.05, 0) is 43.7 Å². The second-order valence-corrected chi connectivity index (χ2v) is 7.74. The number of amides is 2. The average molecular weight is 413 g/mol. The molecule has 8 nitrogen and oxygen atoms in total. The maximum absolute atomic E-state index is 13.3. The lowest BCUT2D eigenvalue weighted by Crippen LogP contribution is -2.98. The fourth-order valence-corrected chi connectivity index (χ4v) is 4.89. The molecule has 4 rings (SSSR count). The number of rotatable bonds is 6. The monoisotopic (exact) mass is 413 g/mol. The Balaban J connectivity index is 1.84. The van der Waals surface area contributed by atoms with Gasteiger partial charge in [0.15, 0.2) is 11.8 Å². The highest BCUT2D eigenvalue weighted by Gasteiger charge is 2.72. The molecule has 30 heavy (non-hydrogen) atoms. The summed E-state index contributed by atoms with van der Waals surface area (Å²) in [6.45, 7) is 3.86. The molecule has 0 bridgehead atoms. The minimum absolute atomic E-state index is 0.106. The number of phenols is 1. The third-order valence-corrected chi connectivity index (χ3v) is 6.14. The van der Waals surface area contributed by atoms with Gasteiger partial charge in [0.2, 0.25) is 17.4 Å². The number of phenolic OH excluding ortho intramolecular Hbond substituents is 1. The van der Waals surface area contributed by atoms with Crippen LogP contribution >= 0.6 is 0 Å². The summed E-state index contributed by atoms with van der Waals surface area (Å²) in [5.74, 6) is -2.11. The number of ether oxygens (including phenoxy) is 1. The van der Waals surface area contributed by atoms with E-state index in [0.29, 0.717) is 5.76 Å². The molecule has 2 saturated heterocycles. The Morgan fingerprint density at radius 3 is 2.53 bits per heavy atom. The van der Waals surface area contributed by atoms with Crippen molar-refractivity contribution in [2.45, 2.75) is 31.8 Å². The van der Waals surface area contributed by atoms with Gasteiger partial charge in [0.25, 0.3) is 0 Å². The largest absolute Gasteiger partial charge is 0.508 e. The average Bonchev–Trinajstić information content (AvgIpc) is 3.42. The molecular weight excluding hydrogens is 388 g/mol. The van der Waals surface area contributed by atoms with E-state index in [4.69, 9.17) is 9.15 Å². The van der Waals surface area contributed by atoms with Crippen LogP contribution in [0.4, 0.5) is 0 Å². The topological polar surface area (TPSA) is 114 Å². The fraction of sp³-hybridized carbons (Fsp3) is 0.409. The number of fused-ring (bicyclic) bond motifs is 1. The van der Waals surface area contributed by atoms with Crippen LogP contribution in [0.15, 0.2) is 47.1 Å². The number of furan rings is 1. The van der Waals surface area contributed by atoms with E-state index in [0.717, 1.165) is 5.56 Å². The SMILES string of the molecule is CCOC(=O)[C@]1(Cc2ccc(O)cc2)[NH2+][C@H](c2ccco2)[C@H]2C(=O)N(CC)C(=O)[C@H]21. The molecule has 3 N–H and O–H groups in total. The van der Waals surface area contributed by atoms with Crippen LogP contribution in [0.5, 0.6) is 5.75 Å². The van der Waals surface area contributed by atoms with E-state index in [1.165, 1.54) is 23.3 Å². The van der Waals surface area contributed by atoms with Gasteiger partial charge in [0.1, 0.15) is 17.6 Å². The number of imide groups is 1. The van der Waals surface area contributed by atoms with Crippen LogP contribution in [-0.2, 0) is 25.5 Å². The first kappa shape index (κ1) is 20.2. The van der Waals surface area contributed by atoms with Gasteiger partial charge in [-0.25, -0.2) is 4.79 Å². The van der Waals surface area contributed by atoms with Crippen molar-refractivity contribution in [1.29, 1.82) is 0 Å². The van der Waals surface area contributed by atoms with Gasteiger partial charge >= 0.3 is 5.97 Å². The molecule has 0 spiro atoms. The van der Waals surface area contributed by atoms with Gasteiger partial charge in [-0.1, -0.05) is 12.1 Å². The highest BCUT2D eigenvalue weighted by Crippen LogP contribution is 2.45. The van der Waals surface area contributed by atoms with Crippen LogP contribution in [0.1, 0.15) is 31.2 Å². The van der Waals surface area contributed by atoms with Crippen molar-refractivity contribution >= 4 is 17.8 Å². The van der Waals surface area contributed by atoms with Crippen LogP contribution in [0.3, 0.4) is 0 Å². The predicted molar refractivity (Wildman–Crippen MR) is 104 cm³/mol. The lowest BCUT2D eigenvalue weighted by molar-refractivity contribution is -0.735. The van der Waals surface area contributed by atoms with Crippen LogP contribution < -0.4 is 5.32 Å². The molecule has 2 fully saturated rings. The number of esters is 1. The van der Waals surface area contributed by atoms with E-state index in [1.54, 1.807) is 43.4 Å². The number of nitrogens with two attached hydrogens (primary N) is 1. The second kappa shape index (κ2) is 7.60. The van der Waals surface area contributed by atoms with Gasteiger partial charge in [0.05, 0.1) is 12.9 Å². The van der Waals surface area contributed by atoms with Crippen molar-refractivity contribution in [2.24, 2.45) is 11.8 Å². The minimum Gasteiger partial charge on any atom is -0.508 e. The Morgan fingerprint density at radius 2 is 1.93 bits per heavy atom. The maximum atomic E-state index is 13.3. The van der Waals surface area contributed by atoms with Crippen LogP contribution in [0, 0.1) is 11.8 Å². The number of carbonyl (C=O) groups is 3. The molecule has 2 amide bonds. The molecular formula is C22H25N2O6+. The number of hydrogen-bond donors (Lipinski definition) is 2. The summed E-state index contributed by atoms with van der Waals surface area (Å²) in [5, 5.41) is 11.4. The predicted octanol–water partition coefficient (Wildman–Crippen LogP) is 0.769. The molecule has 1 aromatic carbocycles. The summed E-state index contributed by atoms with van der Waals surface area (Å²) in [5.41, 5.74) is -0.558. The summed E-state index contributed by atoms with van der Waals surface area (Å²) in [6.07, 6.45) is 1.70. The summed E-state index contributed by atoms with van der Waals surface area (Å²) < 4.78 is 11.0. The summed E-state index contributed by atoms with van der Waals surface area (Å²) in [4.78, 5) is 41.0. The molecule has 0 unspecified atom stereocenters. The number of quaternary nitrogens is 1. The summed E-state index contributed by atoms with van der Waals surface area (Å²) >= 11 is 0. The van der Waals surface area contributed by atoms with E-state index >= 15 is 0 Å². The molecule has 8 heteroatoms. The zero-order chi connectivity index (χ0) is 21.5. The van der Waals surface area contributed by atoms with Crippen LogP contribution in [0.2, 0.25) is 0 Å². The van der Waals surface area contributed by atoms with Gasteiger partial charge in [-0.3, -0.25) is 14.5 Å². The second-order valence-electron chi connectivity index (χ2n) is 7.74. The zero-order valence-electron chi connectivity index (χ0n) is 16.9. The Kier molecular flexibility index (Phi) is 5.11. The molecule has 158 valence electrons. The van der Waals surface area contributed by atoms with Crippen molar-refractivity contribution in [3.05, 3.63) is 54.0 Å². The molecule has 0 saturated carbocycles. The van der Waals surface area contributed by atoms with Crippen molar-refractivity contribution in [3.8, 4) is 5.75 Å². The fourth-order valence-electron chi connectivity index (χ4n) is 4.89. The molecule has 0 aliphatic carbocycles. The molecule has 2 aromatic rings. The third-order valence-electron chi connectivity index (χ3n) is 6.14. The van der Waals surface area contributed by atoms with Crippen LogP contribution in [0.25, 0.3) is 0 Å². The first-order valence-corrected chi connectivity index (χ1v) is 10.1. The van der Waals surface area contributed by atoms with E-state index in [-0.39, 0.29) is 37.1 Å². The Bertz CT molecular complexity index is 955. The van der Waals surface area contributed by atoms with E-state index < -0.39 is 29.4 Å². The summed E-state index contributed by atoms with van der Waals surface area (Å²) in [7, 11) is 0. The highest BCUT2D eigenvalue weighted by molar-refractivity contribution is 6.08. The lowest BCUT2D eigenvalue weighted by atomic mass is 9.76. The molecule has 3 heterocycles. The molecule has 0 radical (unpaired) electrons. The quantitative estimate of drug-likeness (QED) is 0.534. The van der Waals surface area contributed by atoms with Crippen molar-refractivity contribution in [3.63, 3.8) is 0 Å². The number of nitrogens with zero attached hydrogens (tertiary/aromatic N) is 1. The number of aromatic hydroxyl groups is 1. The van der Waals surface area contributed by atoms with Gasteiger partial charge in [-0.2, -0.15) is 0 Å². The highest BCUT2D eigenvalue weighted by atomic mass is 16.5. The molecule has 1 aromatic heterocycles. The van der Waals surface area contributed by atoms with E-state index in [1.807, 2.05) is 0 Å². The Morgan fingerprint density at radius 1 is 1.20 bits per heavy atom. The number of carbonyl (C=O) groups excluding carboxylic acids is 3. The first-order valence-electron chi connectivity index (χ1n) is 10.1. The van der Waals surface area contributed by atoms with Crippen molar-refractivity contribution in [2.75, 3.05) is 13.2 Å². The number of benzene rings is 1. The normalized spacial score (nSPS) is 28.1. The van der Waals surface area contributed by atoms with Crippen molar-refractivity contribution < 1.29 is 34.0 Å². The minimum atomic E-state index is -1.31. The molecule has 2 aliphatic heterocycles. The number of hydrogen-bond acceptors (Lipinski definition) is 6. The third kappa shape index (κ3) is 2.99. The van der Waals surface area contributed by atoms with Gasteiger partial charge in [0, 0.05) is 13.0 Å². The first-order chi connectivity index (χ1) is 14.4. The van der Waals surface area contributed by atoms with E-state index in [2.05, 4.69) is 0 Å². The van der Waals surface area contributed by atoms with Gasteiger partial charge in [-0.15, -0.1) is 0 Å². The van der Waals surface area contributed by atoms with E-state index in [9.17, 15) is 19.5 Å².